The van der Waals surface area contributed by atoms with Crippen molar-refractivity contribution in [1.82, 2.24) is 4.98 Å². The molecule has 21 heavy (non-hydrogen) atoms. The Balaban J connectivity index is 1.73. The maximum Gasteiger partial charge on any atom is 0.249 e. The number of carbonyl (C=O) groups is 1. The number of nitrogens with one attached hydrogen (secondary N) is 2. The number of amides is 1. The van der Waals surface area contributed by atoms with Crippen LogP contribution < -0.4 is 15.8 Å². The monoisotopic (exact) mass is 281 g/mol. The van der Waals surface area contributed by atoms with E-state index in [4.69, 9.17) is 0 Å². The highest BCUT2D eigenvalue weighted by Gasteiger charge is 2.51. The van der Waals surface area contributed by atoms with Gasteiger partial charge in [-0.15, -0.1) is 0 Å². The van der Waals surface area contributed by atoms with Gasteiger partial charge in [0, 0.05) is 36.7 Å². The van der Waals surface area contributed by atoms with E-state index in [-0.39, 0.29) is 11.5 Å². The van der Waals surface area contributed by atoms with E-state index in [0.717, 1.165) is 29.9 Å². The standard InChI is InChI=1S/C16H15N3O2/c20-14-9-11(5-7-17-14)19-8-6-16(10-19)12-3-1-2-4-13(12)18-15(16)21/h1-5,7,9H,6,8,10H2,(H,17,20)(H,18,21). The summed E-state index contributed by atoms with van der Waals surface area (Å²) in [5.74, 6) is 0.0658. The number of hydrogen-bond acceptors (Lipinski definition) is 3. The number of H-pyrrole nitrogens is 1. The third-order valence-electron chi connectivity index (χ3n) is 4.52. The van der Waals surface area contributed by atoms with Crippen LogP contribution in [-0.2, 0) is 10.2 Å². The summed E-state index contributed by atoms with van der Waals surface area (Å²) in [5.41, 5.74) is 2.24. The largest absolute Gasteiger partial charge is 0.370 e. The quantitative estimate of drug-likeness (QED) is 0.832. The van der Waals surface area contributed by atoms with Crippen molar-refractivity contribution < 1.29 is 4.79 Å². The second-order valence-corrected chi connectivity index (χ2v) is 5.66. The van der Waals surface area contributed by atoms with Crippen molar-refractivity contribution in [2.75, 3.05) is 23.3 Å². The van der Waals surface area contributed by atoms with Gasteiger partial charge >= 0.3 is 0 Å². The van der Waals surface area contributed by atoms with Crippen LogP contribution in [0.25, 0.3) is 0 Å². The van der Waals surface area contributed by atoms with Crippen LogP contribution in [0.4, 0.5) is 11.4 Å². The number of carbonyl (C=O) groups excluding carboxylic acids is 1. The number of benzene rings is 1. The zero-order chi connectivity index (χ0) is 14.4. The Morgan fingerprint density at radius 1 is 1.14 bits per heavy atom. The molecule has 4 rings (SSSR count). The van der Waals surface area contributed by atoms with Gasteiger partial charge in [0.1, 0.15) is 0 Å². The van der Waals surface area contributed by atoms with Crippen molar-refractivity contribution in [3.05, 3.63) is 58.5 Å². The molecule has 2 aliphatic rings. The predicted octanol–water partition coefficient (Wildman–Crippen LogP) is 1.48. The number of hydrogen-bond donors (Lipinski definition) is 2. The van der Waals surface area contributed by atoms with Crippen LogP contribution in [0.5, 0.6) is 0 Å². The van der Waals surface area contributed by atoms with E-state index in [2.05, 4.69) is 15.2 Å². The minimum absolute atomic E-state index is 0.0658. The summed E-state index contributed by atoms with van der Waals surface area (Å²) in [6.45, 7) is 1.38. The van der Waals surface area contributed by atoms with Crippen molar-refractivity contribution in [2.45, 2.75) is 11.8 Å². The molecule has 1 aromatic heterocycles. The normalized spacial score (nSPS) is 23.4. The number of rotatable bonds is 1. The maximum absolute atomic E-state index is 12.5. The van der Waals surface area contributed by atoms with Gasteiger partial charge in [0.25, 0.3) is 0 Å². The molecule has 1 spiro atoms. The molecule has 0 bridgehead atoms. The third kappa shape index (κ3) is 1.70. The first-order valence-electron chi connectivity index (χ1n) is 7.04. The summed E-state index contributed by atoms with van der Waals surface area (Å²) in [6, 6.07) is 11.3. The molecule has 2 aliphatic heterocycles. The fourth-order valence-corrected chi connectivity index (χ4v) is 3.44. The first-order chi connectivity index (χ1) is 10.2. The fourth-order valence-electron chi connectivity index (χ4n) is 3.44. The molecule has 5 nitrogen and oxygen atoms in total. The molecule has 5 heteroatoms. The maximum atomic E-state index is 12.5. The number of aromatic amines is 1. The van der Waals surface area contributed by atoms with Crippen molar-refractivity contribution in [2.24, 2.45) is 0 Å². The first kappa shape index (κ1) is 12.2. The highest BCUT2D eigenvalue weighted by Crippen LogP contribution is 2.44. The Hall–Kier alpha value is -2.56. The molecule has 1 atom stereocenters. The number of nitrogens with zero attached hydrogens (tertiary/aromatic N) is 1. The lowest BCUT2D eigenvalue weighted by atomic mass is 9.81. The smallest absolute Gasteiger partial charge is 0.249 e. The molecule has 1 unspecified atom stereocenters. The highest BCUT2D eigenvalue weighted by atomic mass is 16.2. The molecule has 2 aromatic rings. The zero-order valence-electron chi connectivity index (χ0n) is 11.4. The minimum Gasteiger partial charge on any atom is -0.370 e. The van der Waals surface area contributed by atoms with Gasteiger partial charge in [-0.05, 0) is 24.1 Å². The molecular formula is C16H15N3O2. The SMILES string of the molecule is O=C1Nc2ccccc2C12CCN(c1cc[nH]c(=O)c1)C2. The Bertz CT molecular complexity index is 783. The second kappa shape index (κ2) is 4.22. The van der Waals surface area contributed by atoms with Crippen molar-refractivity contribution in [3.8, 4) is 0 Å². The molecule has 1 aromatic carbocycles. The van der Waals surface area contributed by atoms with Crippen LogP contribution in [0.1, 0.15) is 12.0 Å². The van der Waals surface area contributed by atoms with Crippen molar-refractivity contribution >= 4 is 17.3 Å². The Kier molecular flexibility index (Phi) is 2.45. The second-order valence-electron chi connectivity index (χ2n) is 5.66. The van der Waals surface area contributed by atoms with Crippen molar-refractivity contribution in [3.63, 3.8) is 0 Å². The first-order valence-corrected chi connectivity index (χ1v) is 7.04. The van der Waals surface area contributed by atoms with Gasteiger partial charge in [-0.2, -0.15) is 0 Å². The van der Waals surface area contributed by atoms with E-state index < -0.39 is 5.41 Å². The lowest BCUT2D eigenvalue weighted by Gasteiger charge is -2.23. The number of fused-ring (bicyclic) bond motifs is 2. The summed E-state index contributed by atoms with van der Waals surface area (Å²) in [4.78, 5) is 28.7. The predicted molar refractivity (Wildman–Crippen MR) is 80.6 cm³/mol. The van der Waals surface area contributed by atoms with Crippen LogP contribution in [0, 0.1) is 0 Å². The summed E-state index contributed by atoms with van der Waals surface area (Å²) >= 11 is 0. The van der Waals surface area contributed by atoms with Crippen molar-refractivity contribution in [1.29, 1.82) is 0 Å². The van der Waals surface area contributed by atoms with Gasteiger partial charge in [0.2, 0.25) is 11.5 Å². The molecular weight excluding hydrogens is 266 g/mol. The minimum atomic E-state index is -0.487. The molecule has 0 aliphatic carbocycles. The van der Waals surface area contributed by atoms with E-state index in [1.165, 1.54) is 0 Å². The molecule has 3 heterocycles. The zero-order valence-corrected chi connectivity index (χ0v) is 11.4. The van der Waals surface area contributed by atoms with E-state index in [1.54, 1.807) is 12.3 Å². The summed E-state index contributed by atoms with van der Waals surface area (Å²) < 4.78 is 0. The van der Waals surface area contributed by atoms with Gasteiger partial charge < -0.3 is 15.2 Å². The van der Waals surface area contributed by atoms with Gasteiger partial charge in [0.15, 0.2) is 0 Å². The highest BCUT2D eigenvalue weighted by molar-refractivity contribution is 6.07. The summed E-state index contributed by atoms with van der Waals surface area (Å²) in [7, 11) is 0. The van der Waals surface area contributed by atoms with Crippen LogP contribution in [0.15, 0.2) is 47.4 Å². The number of pyridine rings is 1. The summed E-state index contributed by atoms with van der Waals surface area (Å²) in [5, 5.41) is 2.98. The van der Waals surface area contributed by atoms with E-state index in [1.807, 2.05) is 30.3 Å². The molecule has 1 fully saturated rings. The lowest BCUT2D eigenvalue weighted by Crippen LogP contribution is -2.37. The molecule has 2 N–H and O–H groups in total. The molecule has 1 saturated heterocycles. The van der Waals surface area contributed by atoms with Crippen LogP contribution in [0.3, 0.4) is 0 Å². The molecule has 106 valence electrons. The topological polar surface area (TPSA) is 65.2 Å². The van der Waals surface area contributed by atoms with Gasteiger partial charge in [-0.1, -0.05) is 18.2 Å². The van der Waals surface area contributed by atoms with E-state index in [0.29, 0.717) is 6.54 Å². The van der Waals surface area contributed by atoms with E-state index in [9.17, 15) is 9.59 Å². The van der Waals surface area contributed by atoms with Crippen LogP contribution in [0.2, 0.25) is 0 Å². The average Bonchev–Trinajstić information content (AvgIpc) is 3.04. The number of para-hydroxylation sites is 1. The van der Waals surface area contributed by atoms with Crippen LogP contribution >= 0.6 is 0 Å². The average molecular weight is 281 g/mol. The number of anilines is 2. The molecule has 0 saturated carbocycles. The molecule has 0 radical (unpaired) electrons. The van der Waals surface area contributed by atoms with Gasteiger partial charge in [0.05, 0.1) is 5.41 Å². The lowest BCUT2D eigenvalue weighted by molar-refractivity contribution is -0.120. The Labute approximate surface area is 121 Å². The molecule has 1 amide bonds. The number of aromatic nitrogens is 1. The Morgan fingerprint density at radius 3 is 2.86 bits per heavy atom. The third-order valence-corrected chi connectivity index (χ3v) is 4.52. The van der Waals surface area contributed by atoms with Gasteiger partial charge in [-0.25, -0.2) is 0 Å². The van der Waals surface area contributed by atoms with Crippen LogP contribution in [-0.4, -0.2) is 24.0 Å². The van der Waals surface area contributed by atoms with E-state index >= 15 is 0 Å². The Morgan fingerprint density at radius 2 is 2.00 bits per heavy atom. The fraction of sp³-hybridized carbons (Fsp3) is 0.250. The summed E-state index contributed by atoms with van der Waals surface area (Å²) in [6.07, 6.45) is 2.41. The van der Waals surface area contributed by atoms with Gasteiger partial charge in [-0.3, -0.25) is 9.59 Å².